The van der Waals surface area contributed by atoms with Gasteiger partial charge in [-0.25, -0.2) is 13.8 Å². The smallest absolute Gasteiger partial charge is 0.275 e. The van der Waals surface area contributed by atoms with Crippen LogP contribution in [0, 0.1) is 15.9 Å². The van der Waals surface area contributed by atoms with Gasteiger partial charge in [-0.2, -0.15) is 4.39 Å². The molecule has 0 saturated heterocycles. The predicted molar refractivity (Wildman–Crippen MR) is 46.0 cm³/mol. The zero-order chi connectivity index (χ0) is 12.5. The number of carbonyl (C=O) groups excluding carboxylic acids is 1. The van der Waals surface area contributed by atoms with Crippen LogP contribution >= 0.6 is 11.6 Å². The molecular formula is C7H2ClF3N2O3. The molecule has 0 fully saturated rings. The quantitative estimate of drug-likeness (QED) is 0.472. The number of aromatic nitrogens is 1. The summed E-state index contributed by atoms with van der Waals surface area (Å²) in [5, 5.41) is 9.01. The molecule has 0 amide bonds. The van der Waals surface area contributed by atoms with Crippen LogP contribution in [0.5, 0.6) is 0 Å². The van der Waals surface area contributed by atoms with Gasteiger partial charge >= 0.3 is 5.69 Å². The number of pyridine rings is 1. The zero-order valence-corrected chi connectivity index (χ0v) is 8.04. The predicted octanol–water partition coefficient (Wildman–Crippen LogP) is 2.45. The summed E-state index contributed by atoms with van der Waals surface area (Å²) in [7, 11) is 0. The minimum Gasteiger partial charge on any atom is -0.275 e. The van der Waals surface area contributed by atoms with Crippen LogP contribution in [0.4, 0.5) is 18.9 Å². The standard InChI is InChI=1S/C7H2ClF3N2O3/c8-6(14)2-1-12-4(7(10)11)5(3(2)9)13(15)16/h1,7H. The van der Waals surface area contributed by atoms with Crippen LogP contribution in [0.25, 0.3) is 0 Å². The van der Waals surface area contributed by atoms with Crippen LogP contribution in [0.15, 0.2) is 6.20 Å². The third kappa shape index (κ3) is 2.11. The van der Waals surface area contributed by atoms with Crippen molar-refractivity contribution in [3.8, 4) is 0 Å². The minimum atomic E-state index is -3.32. The first-order chi connectivity index (χ1) is 7.36. The second-order valence-corrected chi connectivity index (χ2v) is 2.89. The van der Waals surface area contributed by atoms with E-state index in [1.54, 1.807) is 0 Å². The van der Waals surface area contributed by atoms with Crippen LogP contribution < -0.4 is 0 Å². The van der Waals surface area contributed by atoms with Crippen LogP contribution in [-0.4, -0.2) is 15.1 Å². The van der Waals surface area contributed by atoms with Crippen LogP contribution in [0.1, 0.15) is 22.5 Å². The van der Waals surface area contributed by atoms with Crippen LogP contribution in [0.2, 0.25) is 0 Å². The lowest BCUT2D eigenvalue weighted by molar-refractivity contribution is -0.389. The maximum absolute atomic E-state index is 13.3. The van der Waals surface area contributed by atoms with Gasteiger partial charge in [0.2, 0.25) is 5.82 Å². The lowest BCUT2D eigenvalue weighted by atomic mass is 10.2. The van der Waals surface area contributed by atoms with Crippen molar-refractivity contribution in [1.29, 1.82) is 0 Å². The first kappa shape index (κ1) is 12.4. The summed E-state index contributed by atoms with van der Waals surface area (Å²) < 4.78 is 37.8. The molecule has 0 N–H and O–H groups in total. The molecule has 16 heavy (non-hydrogen) atoms. The number of carbonyl (C=O) groups is 1. The van der Waals surface area contributed by atoms with Crippen molar-refractivity contribution in [1.82, 2.24) is 4.98 Å². The molecule has 0 aliphatic rings. The maximum Gasteiger partial charge on any atom is 0.332 e. The van der Waals surface area contributed by atoms with E-state index in [0.717, 1.165) is 0 Å². The van der Waals surface area contributed by atoms with Gasteiger partial charge in [0.25, 0.3) is 11.7 Å². The van der Waals surface area contributed by atoms with E-state index >= 15 is 0 Å². The van der Waals surface area contributed by atoms with Gasteiger partial charge in [-0.1, -0.05) is 0 Å². The summed E-state index contributed by atoms with van der Waals surface area (Å²) in [4.78, 5) is 22.5. The van der Waals surface area contributed by atoms with E-state index in [4.69, 9.17) is 11.6 Å². The summed E-state index contributed by atoms with van der Waals surface area (Å²) in [5.41, 5.74) is -3.80. The Hall–Kier alpha value is -1.70. The van der Waals surface area contributed by atoms with Gasteiger partial charge < -0.3 is 0 Å². The number of nitrogens with zero attached hydrogens (tertiary/aromatic N) is 2. The third-order valence-electron chi connectivity index (χ3n) is 1.62. The monoisotopic (exact) mass is 254 g/mol. The van der Waals surface area contributed by atoms with E-state index in [1.165, 1.54) is 0 Å². The zero-order valence-electron chi connectivity index (χ0n) is 7.29. The minimum absolute atomic E-state index is 0.430. The molecule has 0 unspecified atom stereocenters. The molecule has 1 aromatic heterocycles. The van der Waals surface area contributed by atoms with Crippen LogP contribution in [-0.2, 0) is 0 Å². The van der Waals surface area contributed by atoms with Gasteiger partial charge in [0.05, 0.1) is 10.5 Å². The second-order valence-electron chi connectivity index (χ2n) is 2.55. The Morgan fingerprint density at radius 3 is 2.50 bits per heavy atom. The summed E-state index contributed by atoms with van der Waals surface area (Å²) in [6.45, 7) is 0. The molecule has 86 valence electrons. The Morgan fingerprint density at radius 1 is 1.56 bits per heavy atom. The highest BCUT2D eigenvalue weighted by atomic mass is 35.5. The number of hydrogen-bond acceptors (Lipinski definition) is 4. The summed E-state index contributed by atoms with van der Waals surface area (Å²) in [6, 6.07) is 0. The molecule has 0 aromatic carbocycles. The van der Waals surface area contributed by atoms with Gasteiger partial charge in [0.1, 0.15) is 0 Å². The molecule has 1 rings (SSSR count). The normalized spacial score (nSPS) is 10.6. The Balaban J connectivity index is 3.54. The summed E-state index contributed by atoms with van der Waals surface area (Å²) >= 11 is 4.89. The fraction of sp³-hybridized carbons (Fsp3) is 0.143. The Kier molecular flexibility index (Phi) is 3.43. The fourth-order valence-corrected chi connectivity index (χ4v) is 1.09. The molecule has 0 bridgehead atoms. The summed E-state index contributed by atoms with van der Waals surface area (Å²) in [5.74, 6) is -1.71. The van der Waals surface area contributed by atoms with Crippen molar-refractivity contribution >= 4 is 22.5 Å². The highest BCUT2D eigenvalue weighted by molar-refractivity contribution is 6.67. The molecule has 0 radical (unpaired) electrons. The topological polar surface area (TPSA) is 73.1 Å². The van der Waals surface area contributed by atoms with Crippen molar-refractivity contribution in [3.63, 3.8) is 0 Å². The van der Waals surface area contributed by atoms with Crippen molar-refractivity contribution in [2.45, 2.75) is 6.43 Å². The molecule has 0 saturated carbocycles. The molecule has 0 spiro atoms. The molecule has 0 aliphatic heterocycles. The average Bonchev–Trinajstić information content (AvgIpc) is 2.15. The number of alkyl halides is 2. The van der Waals surface area contributed by atoms with E-state index in [9.17, 15) is 28.1 Å². The highest BCUT2D eigenvalue weighted by Gasteiger charge is 2.31. The molecule has 9 heteroatoms. The van der Waals surface area contributed by atoms with Crippen molar-refractivity contribution in [2.24, 2.45) is 0 Å². The van der Waals surface area contributed by atoms with E-state index < -0.39 is 39.4 Å². The maximum atomic E-state index is 13.3. The number of nitro groups is 1. The van der Waals surface area contributed by atoms with E-state index in [0.29, 0.717) is 6.20 Å². The van der Waals surface area contributed by atoms with E-state index in [1.807, 2.05) is 0 Å². The first-order valence-electron chi connectivity index (χ1n) is 3.67. The third-order valence-corrected chi connectivity index (χ3v) is 1.82. The van der Waals surface area contributed by atoms with Crippen molar-refractivity contribution < 1.29 is 22.9 Å². The molecule has 1 heterocycles. The second kappa shape index (κ2) is 4.44. The van der Waals surface area contributed by atoms with Gasteiger partial charge in [-0.05, 0) is 11.6 Å². The Morgan fingerprint density at radius 2 is 2.12 bits per heavy atom. The molecule has 5 nitrogen and oxygen atoms in total. The average molecular weight is 255 g/mol. The van der Waals surface area contributed by atoms with Gasteiger partial charge in [-0.15, -0.1) is 0 Å². The Labute approximate surface area is 91.0 Å². The lowest BCUT2D eigenvalue weighted by Crippen LogP contribution is -2.07. The molecule has 1 aromatic rings. The van der Waals surface area contributed by atoms with Crippen molar-refractivity contribution in [2.75, 3.05) is 0 Å². The summed E-state index contributed by atoms with van der Waals surface area (Å²) in [6.07, 6.45) is -2.89. The van der Waals surface area contributed by atoms with Gasteiger partial charge in [0, 0.05) is 6.20 Å². The fourth-order valence-electron chi connectivity index (χ4n) is 0.962. The SMILES string of the molecule is O=C(Cl)c1cnc(C(F)F)c([N+](=O)[O-])c1F. The largest absolute Gasteiger partial charge is 0.332 e. The first-order valence-corrected chi connectivity index (χ1v) is 4.04. The van der Waals surface area contributed by atoms with E-state index in [2.05, 4.69) is 4.98 Å². The van der Waals surface area contributed by atoms with Crippen molar-refractivity contribution in [3.05, 3.63) is 33.4 Å². The Bertz CT molecular complexity index is 466. The molecular weight excluding hydrogens is 253 g/mol. The molecule has 0 atom stereocenters. The van der Waals surface area contributed by atoms with Gasteiger partial charge in [-0.3, -0.25) is 14.9 Å². The molecule has 0 aliphatic carbocycles. The van der Waals surface area contributed by atoms with Crippen LogP contribution in [0.3, 0.4) is 0 Å². The van der Waals surface area contributed by atoms with E-state index in [-0.39, 0.29) is 0 Å². The number of halogens is 4. The lowest BCUT2D eigenvalue weighted by Gasteiger charge is -2.03. The highest BCUT2D eigenvalue weighted by Crippen LogP contribution is 2.31. The number of hydrogen-bond donors (Lipinski definition) is 0. The number of rotatable bonds is 3. The van der Waals surface area contributed by atoms with Gasteiger partial charge in [0.15, 0.2) is 5.69 Å².